The number of aromatic amines is 1. The van der Waals surface area contributed by atoms with E-state index in [0.717, 1.165) is 48.5 Å². The first-order chi connectivity index (χ1) is 8.24. The number of nitrogens with zero attached hydrogens (tertiary/aromatic N) is 3. The van der Waals surface area contributed by atoms with Crippen LogP contribution in [0.3, 0.4) is 0 Å². The van der Waals surface area contributed by atoms with Crippen molar-refractivity contribution in [2.75, 3.05) is 43.9 Å². The highest BCUT2D eigenvalue weighted by molar-refractivity contribution is 5.88. The SMILES string of the molecule is CN1CCN(c2cc3[nH]ncc3cc2N)CC1. The van der Waals surface area contributed by atoms with E-state index in [-0.39, 0.29) is 0 Å². The lowest BCUT2D eigenvalue weighted by atomic mass is 10.1. The van der Waals surface area contributed by atoms with E-state index >= 15 is 0 Å². The van der Waals surface area contributed by atoms with Crippen LogP contribution in [0.4, 0.5) is 11.4 Å². The molecule has 1 fully saturated rings. The second kappa shape index (κ2) is 3.92. The molecule has 0 radical (unpaired) electrons. The van der Waals surface area contributed by atoms with Crippen molar-refractivity contribution in [2.45, 2.75) is 0 Å². The fourth-order valence-electron chi connectivity index (χ4n) is 2.32. The Morgan fingerprint density at radius 2 is 2.00 bits per heavy atom. The summed E-state index contributed by atoms with van der Waals surface area (Å²) in [4.78, 5) is 4.68. The van der Waals surface area contributed by atoms with Crippen molar-refractivity contribution in [1.29, 1.82) is 0 Å². The topological polar surface area (TPSA) is 61.2 Å². The molecule has 1 aromatic heterocycles. The molecule has 1 aliphatic rings. The fourth-order valence-corrected chi connectivity index (χ4v) is 2.32. The lowest BCUT2D eigenvalue weighted by Crippen LogP contribution is -2.44. The second-order valence-electron chi connectivity index (χ2n) is 4.66. The molecule has 0 amide bonds. The summed E-state index contributed by atoms with van der Waals surface area (Å²) in [6.45, 7) is 4.22. The Labute approximate surface area is 100 Å². The van der Waals surface area contributed by atoms with Gasteiger partial charge >= 0.3 is 0 Å². The van der Waals surface area contributed by atoms with Gasteiger partial charge in [0.05, 0.1) is 23.1 Å². The molecule has 0 bridgehead atoms. The molecule has 3 N–H and O–H groups in total. The Bertz CT molecular complexity index is 525. The first kappa shape index (κ1) is 10.4. The lowest BCUT2D eigenvalue weighted by molar-refractivity contribution is 0.313. The Morgan fingerprint density at radius 3 is 2.76 bits per heavy atom. The number of fused-ring (bicyclic) bond motifs is 1. The van der Waals surface area contributed by atoms with Crippen molar-refractivity contribution in [1.82, 2.24) is 15.1 Å². The molecule has 3 rings (SSSR count). The predicted octanol–water partition coefficient (Wildman–Crippen LogP) is 0.897. The summed E-state index contributed by atoms with van der Waals surface area (Å²) in [6.07, 6.45) is 1.81. The number of rotatable bonds is 1. The predicted molar refractivity (Wildman–Crippen MR) is 70.2 cm³/mol. The monoisotopic (exact) mass is 231 g/mol. The third kappa shape index (κ3) is 1.82. The van der Waals surface area contributed by atoms with Crippen LogP contribution in [0.1, 0.15) is 0 Å². The number of aromatic nitrogens is 2. The van der Waals surface area contributed by atoms with Gasteiger partial charge in [0.1, 0.15) is 0 Å². The maximum Gasteiger partial charge on any atom is 0.0672 e. The van der Waals surface area contributed by atoms with Gasteiger partial charge in [-0.05, 0) is 19.2 Å². The minimum atomic E-state index is 0.837. The molecular weight excluding hydrogens is 214 g/mol. The summed E-state index contributed by atoms with van der Waals surface area (Å²) in [6, 6.07) is 4.09. The first-order valence-electron chi connectivity index (χ1n) is 5.90. The van der Waals surface area contributed by atoms with E-state index in [1.807, 2.05) is 6.07 Å². The molecule has 0 aliphatic carbocycles. The maximum atomic E-state index is 6.11. The van der Waals surface area contributed by atoms with Gasteiger partial charge in [-0.2, -0.15) is 5.10 Å². The molecule has 5 nitrogen and oxygen atoms in total. The second-order valence-corrected chi connectivity index (χ2v) is 4.66. The van der Waals surface area contributed by atoms with Crippen LogP contribution < -0.4 is 10.6 Å². The van der Waals surface area contributed by atoms with Crippen molar-refractivity contribution >= 4 is 22.3 Å². The summed E-state index contributed by atoms with van der Waals surface area (Å²) in [5.74, 6) is 0. The first-order valence-corrected chi connectivity index (χ1v) is 5.90. The number of nitrogen functional groups attached to an aromatic ring is 1. The van der Waals surface area contributed by atoms with E-state index < -0.39 is 0 Å². The number of H-pyrrole nitrogens is 1. The molecule has 5 heteroatoms. The molecule has 1 saturated heterocycles. The smallest absolute Gasteiger partial charge is 0.0672 e. The summed E-state index contributed by atoms with van der Waals surface area (Å²) < 4.78 is 0. The van der Waals surface area contributed by atoms with Crippen molar-refractivity contribution < 1.29 is 0 Å². The summed E-state index contributed by atoms with van der Waals surface area (Å²) in [7, 11) is 2.15. The normalized spacial score (nSPS) is 17.8. The van der Waals surface area contributed by atoms with E-state index in [9.17, 15) is 0 Å². The highest BCUT2D eigenvalue weighted by Gasteiger charge is 2.16. The van der Waals surface area contributed by atoms with Crippen LogP contribution in [-0.2, 0) is 0 Å². The highest BCUT2D eigenvalue weighted by Crippen LogP contribution is 2.28. The van der Waals surface area contributed by atoms with Gasteiger partial charge in [-0.15, -0.1) is 0 Å². The van der Waals surface area contributed by atoms with Crippen molar-refractivity contribution in [3.63, 3.8) is 0 Å². The zero-order valence-electron chi connectivity index (χ0n) is 9.98. The van der Waals surface area contributed by atoms with E-state index in [1.165, 1.54) is 0 Å². The number of benzene rings is 1. The van der Waals surface area contributed by atoms with Crippen LogP contribution in [0.2, 0.25) is 0 Å². The van der Waals surface area contributed by atoms with Gasteiger partial charge in [0, 0.05) is 31.6 Å². The number of hydrogen-bond donors (Lipinski definition) is 2. The minimum Gasteiger partial charge on any atom is -0.397 e. The minimum absolute atomic E-state index is 0.837. The van der Waals surface area contributed by atoms with Gasteiger partial charge in [-0.25, -0.2) is 0 Å². The summed E-state index contributed by atoms with van der Waals surface area (Å²) >= 11 is 0. The number of nitrogens with two attached hydrogens (primary N) is 1. The van der Waals surface area contributed by atoms with Crippen molar-refractivity contribution in [3.8, 4) is 0 Å². The zero-order valence-corrected chi connectivity index (χ0v) is 9.98. The third-order valence-corrected chi connectivity index (χ3v) is 3.43. The van der Waals surface area contributed by atoms with Gasteiger partial charge in [0.2, 0.25) is 0 Å². The molecule has 0 atom stereocenters. The number of likely N-dealkylation sites (N-methyl/N-ethyl adjacent to an activating group) is 1. The Hall–Kier alpha value is -1.75. The van der Waals surface area contributed by atoms with Crippen molar-refractivity contribution in [2.24, 2.45) is 0 Å². The Balaban J connectivity index is 1.96. The third-order valence-electron chi connectivity index (χ3n) is 3.43. The molecule has 1 aromatic carbocycles. The Kier molecular flexibility index (Phi) is 2.40. The number of piperazine rings is 1. The average Bonchev–Trinajstić information content (AvgIpc) is 2.76. The lowest BCUT2D eigenvalue weighted by Gasteiger charge is -2.34. The van der Waals surface area contributed by atoms with Crippen LogP contribution in [0, 0.1) is 0 Å². The van der Waals surface area contributed by atoms with E-state index in [4.69, 9.17) is 5.73 Å². The summed E-state index contributed by atoms with van der Waals surface area (Å²) in [5.41, 5.74) is 9.12. The molecule has 0 unspecified atom stereocenters. The zero-order chi connectivity index (χ0) is 11.8. The van der Waals surface area contributed by atoms with Gasteiger partial charge in [-0.1, -0.05) is 0 Å². The average molecular weight is 231 g/mol. The molecule has 2 aromatic rings. The van der Waals surface area contributed by atoms with Gasteiger partial charge in [0.25, 0.3) is 0 Å². The van der Waals surface area contributed by atoms with Crippen molar-refractivity contribution in [3.05, 3.63) is 18.3 Å². The molecule has 17 heavy (non-hydrogen) atoms. The van der Waals surface area contributed by atoms with Gasteiger partial charge < -0.3 is 15.5 Å². The molecule has 90 valence electrons. The maximum absolute atomic E-state index is 6.11. The van der Waals surface area contributed by atoms with Crippen LogP contribution in [0.15, 0.2) is 18.3 Å². The molecule has 0 saturated carbocycles. The van der Waals surface area contributed by atoms with Crippen LogP contribution in [0.5, 0.6) is 0 Å². The summed E-state index contributed by atoms with van der Waals surface area (Å²) in [5, 5.41) is 8.10. The largest absolute Gasteiger partial charge is 0.397 e. The van der Waals surface area contributed by atoms with E-state index in [2.05, 4.69) is 33.1 Å². The van der Waals surface area contributed by atoms with Crippen LogP contribution >= 0.6 is 0 Å². The Morgan fingerprint density at radius 1 is 1.24 bits per heavy atom. The van der Waals surface area contributed by atoms with Crippen LogP contribution in [0.25, 0.3) is 10.9 Å². The molecule has 2 heterocycles. The van der Waals surface area contributed by atoms with E-state index in [1.54, 1.807) is 6.20 Å². The number of hydrogen-bond acceptors (Lipinski definition) is 4. The van der Waals surface area contributed by atoms with Gasteiger partial charge in [0.15, 0.2) is 0 Å². The fraction of sp³-hybridized carbons (Fsp3) is 0.417. The standard InChI is InChI=1S/C12H17N5/c1-16-2-4-17(5-3-16)12-7-11-9(6-10(12)13)8-14-15-11/h6-8H,2-5,13H2,1H3,(H,14,15). The van der Waals surface area contributed by atoms with Gasteiger partial charge in [-0.3, -0.25) is 5.10 Å². The number of nitrogens with one attached hydrogen (secondary N) is 1. The molecule has 1 aliphatic heterocycles. The van der Waals surface area contributed by atoms with Crippen LogP contribution in [-0.4, -0.2) is 48.3 Å². The quantitative estimate of drug-likeness (QED) is 0.716. The molecular formula is C12H17N5. The van der Waals surface area contributed by atoms with E-state index in [0.29, 0.717) is 0 Å². The highest BCUT2D eigenvalue weighted by atomic mass is 15.3. The molecule has 0 spiro atoms. The number of anilines is 2.